The van der Waals surface area contributed by atoms with E-state index in [9.17, 15) is 9.90 Å². The third-order valence-electron chi connectivity index (χ3n) is 3.65. The number of aromatic carboxylic acids is 1. The van der Waals surface area contributed by atoms with Gasteiger partial charge >= 0.3 is 5.97 Å². The molecule has 0 aliphatic carbocycles. The summed E-state index contributed by atoms with van der Waals surface area (Å²) in [6.07, 6.45) is 2.42. The Hall–Kier alpha value is -2.11. The monoisotopic (exact) mass is 290 g/mol. The molecule has 2 aromatic rings. The maximum Gasteiger partial charge on any atom is 0.339 e. The number of pyridine rings is 1. The standard InChI is InChI=1S/C15H22N4O2/c1-9(2)6-7-18(4)13-11(15(20)21)8-16-14-12(13)10(3)17-19(14)5/h8-9H,6-7H2,1-5H3,(H,20,21). The van der Waals surface area contributed by atoms with Crippen molar-refractivity contribution >= 4 is 22.7 Å². The molecule has 1 N–H and O–H groups in total. The highest BCUT2D eigenvalue weighted by Crippen LogP contribution is 2.31. The molecule has 0 fully saturated rings. The molecule has 21 heavy (non-hydrogen) atoms. The Morgan fingerprint density at radius 2 is 2.14 bits per heavy atom. The topological polar surface area (TPSA) is 71.2 Å². The normalized spacial score (nSPS) is 11.3. The maximum atomic E-state index is 11.5. The van der Waals surface area contributed by atoms with Crippen molar-refractivity contribution in [2.75, 3.05) is 18.5 Å². The number of rotatable bonds is 5. The molecule has 6 heteroatoms. The third-order valence-corrected chi connectivity index (χ3v) is 3.65. The fraction of sp³-hybridized carbons (Fsp3) is 0.533. The fourth-order valence-corrected chi connectivity index (χ4v) is 2.51. The quantitative estimate of drug-likeness (QED) is 0.916. The summed E-state index contributed by atoms with van der Waals surface area (Å²) in [6.45, 7) is 6.99. The van der Waals surface area contributed by atoms with Crippen LogP contribution in [0.15, 0.2) is 6.20 Å². The largest absolute Gasteiger partial charge is 0.478 e. The van der Waals surface area contributed by atoms with E-state index in [0.717, 1.165) is 24.0 Å². The van der Waals surface area contributed by atoms with Crippen LogP contribution >= 0.6 is 0 Å². The summed E-state index contributed by atoms with van der Waals surface area (Å²) < 4.78 is 1.69. The summed E-state index contributed by atoms with van der Waals surface area (Å²) >= 11 is 0. The van der Waals surface area contributed by atoms with Crippen molar-refractivity contribution in [1.82, 2.24) is 14.8 Å². The SMILES string of the molecule is Cc1nn(C)c2ncc(C(=O)O)c(N(C)CCC(C)C)c12. The van der Waals surface area contributed by atoms with Gasteiger partial charge in [-0.3, -0.25) is 4.68 Å². The van der Waals surface area contributed by atoms with Crippen LogP contribution in [0.3, 0.4) is 0 Å². The van der Waals surface area contributed by atoms with Crippen molar-refractivity contribution in [3.05, 3.63) is 17.5 Å². The van der Waals surface area contributed by atoms with Gasteiger partial charge < -0.3 is 10.0 Å². The van der Waals surface area contributed by atoms with Crippen LogP contribution in [0.4, 0.5) is 5.69 Å². The van der Waals surface area contributed by atoms with Gasteiger partial charge in [0.1, 0.15) is 5.56 Å². The number of aromatic nitrogens is 3. The molecule has 0 aliphatic rings. The van der Waals surface area contributed by atoms with Crippen LogP contribution in [0.25, 0.3) is 11.0 Å². The van der Waals surface area contributed by atoms with Gasteiger partial charge in [-0.25, -0.2) is 9.78 Å². The molecular weight excluding hydrogens is 268 g/mol. The Morgan fingerprint density at radius 1 is 1.48 bits per heavy atom. The molecule has 0 atom stereocenters. The van der Waals surface area contributed by atoms with E-state index in [2.05, 4.69) is 23.9 Å². The Bertz CT molecular complexity index is 676. The van der Waals surface area contributed by atoms with E-state index in [1.165, 1.54) is 6.20 Å². The summed E-state index contributed by atoms with van der Waals surface area (Å²) in [5, 5.41) is 14.6. The molecular formula is C15H22N4O2. The van der Waals surface area contributed by atoms with Crippen LogP contribution in [0.2, 0.25) is 0 Å². The highest BCUT2D eigenvalue weighted by atomic mass is 16.4. The lowest BCUT2D eigenvalue weighted by Crippen LogP contribution is -2.23. The second-order valence-electron chi connectivity index (χ2n) is 5.84. The molecule has 0 amide bonds. The number of fused-ring (bicyclic) bond motifs is 1. The number of anilines is 1. The van der Waals surface area contributed by atoms with Crippen molar-refractivity contribution < 1.29 is 9.90 Å². The summed E-state index contributed by atoms with van der Waals surface area (Å²) in [4.78, 5) is 17.8. The fourth-order valence-electron chi connectivity index (χ4n) is 2.51. The maximum absolute atomic E-state index is 11.5. The molecule has 0 aliphatic heterocycles. The van der Waals surface area contributed by atoms with Crippen LogP contribution in [0.5, 0.6) is 0 Å². The van der Waals surface area contributed by atoms with Crippen LogP contribution in [0.1, 0.15) is 36.3 Å². The molecule has 2 heterocycles. The van der Waals surface area contributed by atoms with Gasteiger partial charge in [-0.1, -0.05) is 13.8 Å². The van der Waals surface area contributed by atoms with E-state index >= 15 is 0 Å². The minimum Gasteiger partial charge on any atom is -0.478 e. The van der Waals surface area contributed by atoms with E-state index in [4.69, 9.17) is 0 Å². The van der Waals surface area contributed by atoms with Crippen molar-refractivity contribution in [3.8, 4) is 0 Å². The van der Waals surface area contributed by atoms with E-state index in [-0.39, 0.29) is 5.56 Å². The predicted molar refractivity (Wildman–Crippen MR) is 82.9 cm³/mol. The summed E-state index contributed by atoms with van der Waals surface area (Å²) in [6, 6.07) is 0. The first-order valence-corrected chi connectivity index (χ1v) is 7.09. The minimum atomic E-state index is -0.959. The highest BCUT2D eigenvalue weighted by molar-refractivity contribution is 6.04. The summed E-state index contributed by atoms with van der Waals surface area (Å²) in [7, 11) is 3.75. The van der Waals surface area contributed by atoms with Gasteiger partial charge in [-0.15, -0.1) is 0 Å². The first kappa shape index (κ1) is 15.3. The van der Waals surface area contributed by atoms with Crippen LogP contribution in [-0.2, 0) is 7.05 Å². The van der Waals surface area contributed by atoms with Crippen LogP contribution in [-0.4, -0.2) is 39.4 Å². The molecule has 2 rings (SSSR count). The summed E-state index contributed by atoms with van der Waals surface area (Å²) in [5.41, 5.74) is 2.45. The molecule has 0 unspecified atom stereocenters. The lowest BCUT2D eigenvalue weighted by Gasteiger charge is -2.23. The van der Waals surface area contributed by atoms with E-state index in [0.29, 0.717) is 17.3 Å². The van der Waals surface area contributed by atoms with Crippen molar-refractivity contribution in [3.63, 3.8) is 0 Å². The van der Waals surface area contributed by atoms with Crippen molar-refractivity contribution in [2.24, 2.45) is 13.0 Å². The first-order chi connectivity index (χ1) is 9.82. The average molecular weight is 290 g/mol. The van der Waals surface area contributed by atoms with Gasteiger partial charge in [0.05, 0.1) is 16.8 Å². The molecule has 0 saturated carbocycles. The molecule has 0 aromatic carbocycles. The van der Waals surface area contributed by atoms with Crippen LogP contribution < -0.4 is 4.90 Å². The second-order valence-corrected chi connectivity index (χ2v) is 5.84. The second kappa shape index (κ2) is 5.71. The van der Waals surface area contributed by atoms with Gasteiger partial charge in [0.25, 0.3) is 0 Å². The molecule has 6 nitrogen and oxygen atoms in total. The Labute approximate surface area is 124 Å². The Kier molecular flexibility index (Phi) is 4.16. The van der Waals surface area contributed by atoms with Crippen molar-refractivity contribution in [1.29, 1.82) is 0 Å². The highest BCUT2D eigenvalue weighted by Gasteiger charge is 2.22. The van der Waals surface area contributed by atoms with E-state index < -0.39 is 5.97 Å². The van der Waals surface area contributed by atoms with E-state index in [1.807, 2.05) is 25.9 Å². The number of carboxylic acid groups (broad SMARTS) is 1. The number of carboxylic acids is 1. The smallest absolute Gasteiger partial charge is 0.339 e. The molecule has 114 valence electrons. The van der Waals surface area contributed by atoms with Gasteiger partial charge in [0.15, 0.2) is 5.65 Å². The Morgan fingerprint density at radius 3 is 2.71 bits per heavy atom. The van der Waals surface area contributed by atoms with E-state index in [1.54, 1.807) is 4.68 Å². The number of nitrogens with zero attached hydrogens (tertiary/aromatic N) is 4. The zero-order valence-corrected chi connectivity index (χ0v) is 13.2. The number of carbonyl (C=O) groups is 1. The van der Waals surface area contributed by atoms with Crippen LogP contribution in [0, 0.1) is 12.8 Å². The molecule has 0 bridgehead atoms. The zero-order valence-electron chi connectivity index (χ0n) is 13.2. The van der Waals surface area contributed by atoms with Gasteiger partial charge in [0.2, 0.25) is 0 Å². The number of aryl methyl sites for hydroxylation is 2. The lowest BCUT2D eigenvalue weighted by molar-refractivity contribution is 0.0697. The number of hydrogen-bond donors (Lipinski definition) is 1. The Balaban J connectivity index is 2.61. The third kappa shape index (κ3) is 2.84. The molecule has 0 radical (unpaired) electrons. The molecule has 0 saturated heterocycles. The minimum absolute atomic E-state index is 0.227. The lowest BCUT2D eigenvalue weighted by atomic mass is 10.1. The average Bonchev–Trinajstić information content (AvgIpc) is 2.70. The van der Waals surface area contributed by atoms with Gasteiger partial charge in [-0.2, -0.15) is 5.10 Å². The number of hydrogen-bond acceptors (Lipinski definition) is 4. The molecule has 2 aromatic heterocycles. The van der Waals surface area contributed by atoms with Gasteiger partial charge in [-0.05, 0) is 19.3 Å². The van der Waals surface area contributed by atoms with Gasteiger partial charge in [0, 0.05) is 26.8 Å². The van der Waals surface area contributed by atoms with Crippen molar-refractivity contribution in [2.45, 2.75) is 27.2 Å². The summed E-state index contributed by atoms with van der Waals surface area (Å²) in [5.74, 6) is -0.396. The first-order valence-electron chi connectivity index (χ1n) is 7.09. The molecule has 0 spiro atoms. The predicted octanol–water partition coefficient (Wildman–Crippen LogP) is 2.46. The zero-order chi connectivity index (χ0) is 15.7.